The predicted octanol–water partition coefficient (Wildman–Crippen LogP) is -0.534. The van der Waals surface area contributed by atoms with Crippen LogP contribution in [0.5, 0.6) is 0 Å². The molecule has 0 saturated carbocycles. The van der Waals surface area contributed by atoms with E-state index in [2.05, 4.69) is 10.0 Å². The molecule has 2 rings (SSSR count). The van der Waals surface area contributed by atoms with E-state index in [-0.39, 0.29) is 22.0 Å². The highest BCUT2D eigenvalue weighted by Gasteiger charge is 2.31. The monoisotopic (exact) mass is 333 g/mol. The van der Waals surface area contributed by atoms with Crippen LogP contribution in [0.25, 0.3) is 0 Å². The summed E-state index contributed by atoms with van der Waals surface area (Å²) in [4.78, 5) is 23.1. The highest BCUT2D eigenvalue weighted by atomic mass is 32.2. The van der Waals surface area contributed by atoms with Gasteiger partial charge in [0.05, 0.1) is 4.88 Å². The van der Waals surface area contributed by atoms with Gasteiger partial charge in [-0.3, -0.25) is 14.9 Å². The fraction of sp³-hybridized carbons (Fsp3) is 0.300. The lowest BCUT2D eigenvalue weighted by Gasteiger charge is -2.21. The summed E-state index contributed by atoms with van der Waals surface area (Å²) in [6, 6.07) is 1.92. The molecule has 7 nitrogen and oxygen atoms in total. The van der Waals surface area contributed by atoms with Crippen LogP contribution >= 0.6 is 23.6 Å². The standard InChI is InChI=1S/C10H11N3O4S3/c11-9(18)6-2-4-8(19-6)20(16,17)13-5-1-3-7(14)12-10(5)15/h2,4-5,13H,1,3H2,(H2,11,18)(H,12,14,15). The van der Waals surface area contributed by atoms with Crippen molar-refractivity contribution in [2.75, 3.05) is 0 Å². The molecule has 20 heavy (non-hydrogen) atoms. The van der Waals surface area contributed by atoms with Gasteiger partial charge in [0.15, 0.2) is 0 Å². The fourth-order valence-electron chi connectivity index (χ4n) is 1.65. The number of rotatable bonds is 4. The Morgan fingerprint density at radius 3 is 2.70 bits per heavy atom. The summed E-state index contributed by atoms with van der Waals surface area (Å²) >= 11 is 5.69. The number of carbonyl (C=O) groups is 2. The molecule has 10 heteroatoms. The third kappa shape index (κ3) is 3.20. The Morgan fingerprint density at radius 2 is 2.15 bits per heavy atom. The number of imide groups is 1. The molecule has 0 spiro atoms. The lowest BCUT2D eigenvalue weighted by Crippen LogP contribution is -2.52. The zero-order valence-electron chi connectivity index (χ0n) is 10.1. The van der Waals surface area contributed by atoms with Gasteiger partial charge in [0.25, 0.3) is 10.0 Å². The van der Waals surface area contributed by atoms with Crippen LogP contribution in [0.3, 0.4) is 0 Å². The van der Waals surface area contributed by atoms with Crippen LogP contribution in [0.4, 0.5) is 0 Å². The van der Waals surface area contributed by atoms with Crippen LogP contribution < -0.4 is 15.8 Å². The van der Waals surface area contributed by atoms with Crippen molar-refractivity contribution >= 4 is 50.4 Å². The molecule has 1 atom stereocenters. The SMILES string of the molecule is NC(=S)c1ccc(S(=O)(=O)NC2CCC(=O)NC2=O)s1. The van der Waals surface area contributed by atoms with E-state index in [4.69, 9.17) is 18.0 Å². The average Bonchev–Trinajstić information content (AvgIpc) is 2.83. The summed E-state index contributed by atoms with van der Waals surface area (Å²) in [5.41, 5.74) is 5.42. The summed E-state index contributed by atoms with van der Waals surface area (Å²) in [6.07, 6.45) is 0.235. The molecule has 1 unspecified atom stereocenters. The Balaban J connectivity index is 2.16. The summed E-state index contributed by atoms with van der Waals surface area (Å²) in [5, 5.41) is 2.08. The molecule has 1 fully saturated rings. The van der Waals surface area contributed by atoms with E-state index in [0.29, 0.717) is 4.88 Å². The van der Waals surface area contributed by atoms with Gasteiger partial charge in [0, 0.05) is 6.42 Å². The summed E-state index contributed by atoms with van der Waals surface area (Å²) in [6.45, 7) is 0. The maximum atomic E-state index is 12.1. The van der Waals surface area contributed by atoms with Crippen LogP contribution in [-0.2, 0) is 19.6 Å². The zero-order chi connectivity index (χ0) is 14.9. The molecule has 1 saturated heterocycles. The number of carbonyl (C=O) groups excluding carboxylic acids is 2. The predicted molar refractivity (Wildman–Crippen MR) is 76.7 cm³/mol. The second kappa shape index (κ2) is 5.56. The highest BCUT2D eigenvalue weighted by Crippen LogP contribution is 2.22. The van der Waals surface area contributed by atoms with Crippen molar-refractivity contribution in [3.05, 3.63) is 17.0 Å². The van der Waals surface area contributed by atoms with Gasteiger partial charge in [-0.25, -0.2) is 8.42 Å². The lowest BCUT2D eigenvalue weighted by atomic mass is 10.1. The van der Waals surface area contributed by atoms with Gasteiger partial charge in [-0.15, -0.1) is 11.3 Å². The largest absolute Gasteiger partial charge is 0.389 e. The van der Waals surface area contributed by atoms with Crippen molar-refractivity contribution in [3.8, 4) is 0 Å². The molecule has 108 valence electrons. The molecule has 0 radical (unpaired) electrons. The van der Waals surface area contributed by atoms with E-state index in [1.165, 1.54) is 12.1 Å². The highest BCUT2D eigenvalue weighted by molar-refractivity contribution is 7.91. The Kier molecular flexibility index (Phi) is 4.18. The second-order valence-electron chi connectivity index (χ2n) is 4.11. The number of thiocarbonyl (C=S) groups is 1. The van der Waals surface area contributed by atoms with E-state index in [1.54, 1.807) is 0 Å². The molecular weight excluding hydrogens is 322 g/mol. The average molecular weight is 333 g/mol. The molecule has 0 aliphatic carbocycles. The number of hydrogen-bond donors (Lipinski definition) is 3. The molecular formula is C10H11N3O4S3. The molecule has 2 amide bonds. The van der Waals surface area contributed by atoms with Crippen molar-refractivity contribution in [1.82, 2.24) is 10.0 Å². The van der Waals surface area contributed by atoms with Gasteiger partial charge in [-0.1, -0.05) is 12.2 Å². The van der Waals surface area contributed by atoms with Gasteiger partial charge in [-0.2, -0.15) is 4.72 Å². The summed E-state index contributed by atoms with van der Waals surface area (Å²) in [5.74, 6) is -1.05. The van der Waals surface area contributed by atoms with Crippen molar-refractivity contribution in [2.24, 2.45) is 5.73 Å². The van der Waals surface area contributed by atoms with Crippen molar-refractivity contribution < 1.29 is 18.0 Å². The van der Waals surface area contributed by atoms with Crippen molar-refractivity contribution in [3.63, 3.8) is 0 Å². The number of piperidine rings is 1. The number of thiophene rings is 1. The molecule has 1 aromatic heterocycles. The third-order valence-electron chi connectivity index (χ3n) is 2.63. The first-order chi connectivity index (χ1) is 9.29. The second-order valence-corrected chi connectivity index (χ2v) is 7.57. The Labute approximate surface area is 124 Å². The number of nitrogens with one attached hydrogen (secondary N) is 2. The van der Waals surface area contributed by atoms with Crippen LogP contribution in [0, 0.1) is 0 Å². The normalized spacial score (nSPS) is 19.7. The minimum atomic E-state index is -3.84. The van der Waals surface area contributed by atoms with E-state index in [1.807, 2.05) is 0 Å². The van der Waals surface area contributed by atoms with E-state index >= 15 is 0 Å². The Morgan fingerprint density at radius 1 is 1.45 bits per heavy atom. The number of amides is 2. The van der Waals surface area contributed by atoms with Crippen LogP contribution in [0.15, 0.2) is 16.3 Å². The molecule has 1 aliphatic heterocycles. The molecule has 1 aromatic rings. The zero-order valence-corrected chi connectivity index (χ0v) is 12.5. The molecule has 4 N–H and O–H groups in total. The van der Waals surface area contributed by atoms with Crippen LogP contribution in [0.1, 0.15) is 17.7 Å². The molecule has 2 heterocycles. The number of sulfonamides is 1. The molecule has 0 aromatic carbocycles. The van der Waals surface area contributed by atoms with Gasteiger partial charge in [-0.05, 0) is 18.6 Å². The Hall–Kier alpha value is -1.36. The Bertz CT molecular complexity index is 680. The first-order valence-electron chi connectivity index (χ1n) is 5.55. The van der Waals surface area contributed by atoms with E-state index in [9.17, 15) is 18.0 Å². The summed E-state index contributed by atoms with van der Waals surface area (Å²) in [7, 11) is -3.84. The maximum absolute atomic E-state index is 12.1. The first kappa shape index (κ1) is 15.0. The fourth-order valence-corrected chi connectivity index (χ4v) is 4.25. The lowest BCUT2D eigenvalue weighted by molar-refractivity contribution is -0.134. The van der Waals surface area contributed by atoms with Gasteiger partial charge >= 0.3 is 0 Å². The van der Waals surface area contributed by atoms with Gasteiger partial charge in [0.2, 0.25) is 11.8 Å². The van der Waals surface area contributed by atoms with E-state index < -0.39 is 27.9 Å². The third-order valence-corrected chi connectivity index (χ3v) is 6.06. The van der Waals surface area contributed by atoms with E-state index in [0.717, 1.165) is 11.3 Å². The quantitative estimate of drug-likeness (QED) is 0.503. The number of nitrogens with two attached hydrogens (primary N) is 1. The van der Waals surface area contributed by atoms with Crippen LogP contribution in [-0.4, -0.2) is 31.3 Å². The molecule has 1 aliphatic rings. The first-order valence-corrected chi connectivity index (χ1v) is 8.26. The smallest absolute Gasteiger partial charge is 0.250 e. The van der Waals surface area contributed by atoms with Gasteiger partial charge < -0.3 is 5.73 Å². The molecule has 0 bridgehead atoms. The van der Waals surface area contributed by atoms with Crippen molar-refractivity contribution in [2.45, 2.75) is 23.1 Å². The van der Waals surface area contributed by atoms with Crippen molar-refractivity contribution in [1.29, 1.82) is 0 Å². The van der Waals surface area contributed by atoms with Crippen LogP contribution in [0.2, 0.25) is 0 Å². The van der Waals surface area contributed by atoms with Gasteiger partial charge in [0.1, 0.15) is 15.2 Å². The minimum Gasteiger partial charge on any atom is -0.389 e. The minimum absolute atomic E-state index is 0.0185. The summed E-state index contributed by atoms with van der Waals surface area (Å²) < 4.78 is 26.5. The topological polar surface area (TPSA) is 118 Å². The maximum Gasteiger partial charge on any atom is 0.250 e. The number of hydrogen-bond acceptors (Lipinski definition) is 6.